The van der Waals surface area contributed by atoms with Crippen LogP contribution in [0.4, 0.5) is 0 Å². The van der Waals surface area contributed by atoms with Gasteiger partial charge >= 0.3 is 0 Å². The molecule has 0 aliphatic carbocycles. The number of hydrogen-bond acceptors (Lipinski definition) is 3. The molecular formula is C8H7NOS. The van der Waals surface area contributed by atoms with Crippen LogP contribution in [0.1, 0.15) is 10.9 Å². The second kappa shape index (κ2) is 2.96. The summed E-state index contributed by atoms with van der Waals surface area (Å²) in [5.74, 6) is 0. The summed E-state index contributed by atoms with van der Waals surface area (Å²) in [5.41, 5.74) is 1.05. The van der Waals surface area contributed by atoms with Crippen LogP contribution < -0.4 is 0 Å². The van der Waals surface area contributed by atoms with Gasteiger partial charge in [0.1, 0.15) is 5.25 Å². The van der Waals surface area contributed by atoms with Crippen molar-refractivity contribution in [1.29, 1.82) is 0 Å². The van der Waals surface area contributed by atoms with Crippen molar-refractivity contribution in [2.75, 3.05) is 0 Å². The second-order valence-corrected chi connectivity index (χ2v) is 3.09. The highest BCUT2D eigenvalue weighted by Gasteiger charge is 2.14. The summed E-state index contributed by atoms with van der Waals surface area (Å²) >= 11 is 1.42. The minimum absolute atomic E-state index is 0.274. The zero-order valence-corrected chi connectivity index (χ0v) is 6.62. The SMILES string of the molecule is C1=CC(c2ccccn2)SO1. The third-order valence-corrected chi connectivity index (χ3v) is 2.28. The predicted octanol–water partition coefficient (Wildman–Crippen LogP) is 2.31. The van der Waals surface area contributed by atoms with E-state index in [1.54, 1.807) is 12.5 Å². The van der Waals surface area contributed by atoms with Crippen molar-refractivity contribution in [2.45, 2.75) is 5.25 Å². The molecule has 2 heterocycles. The summed E-state index contributed by atoms with van der Waals surface area (Å²) in [6.07, 6.45) is 5.49. The van der Waals surface area contributed by atoms with Gasteiger partial charge in [0, 0.05) is 6.20 Å². The Labute approximate surface area is 69.5 Å². The van der Waals surface area contributed by atoms with Crippen LogP contribution in [0.25, 0.3) is 0 Å². The lowest BCUT2D eigenvalue weighted by molar-refractivity contribution is 0.578. The Morgan fingerprint density at radius 1 is 1.45 bits per heavy atom. The molecule has 0 fully saturated rings. The number of pyridine rings is 1. The van der Waals surface area contributed by atoms with Gasteiger partial charge in [-0.3, -0.25) is 4.98 Å². The van der Waals surface area contributed by atoms with Crippen molar-refractivity contribution < 1.29 is 4.18 Å². The van der Waals surface area contributed by atoms with Gasteiger partial charge in [-0.1, -0.05) is 6.07 Å². The minimum Gasteiger partial charge on any atom is -0.433 e. The highest BCUT2D eigenvalue weighted by atomic mass is 32.2. The van der Waals surface area contributed by atoms with Gasteiger partial charge in [0.15, 0.2) is 0 Å². The van der Waals surface area contributed by atoms with Gasteiger partial charge in [0.05, 0.1) is 24.0 Å². The molecule has 0 spiro atoms. The van der Waals surface area contributed by atoms with E-state index in [9.17, 15) is 0 Å². The summed E-state index contributed by atoms with van der Waals surface area (Å²) in [4.78, 5) is 4.21. The largest absolute Gasteiger partial charge is 0.433 e. The maximum atomic E-state index is 5.01. The average Bonchev–Trinajstić information content (AvgIpc) is 2.58. The fraction of sp³-hybridized carbons (Fsp3) is 0.125. The van der Waals surface area contributed by atoms with Crippen molar-refractivity contribution in [1.82, 2.24) is 4.98 Å². The number of rotatable bonds is 1. The van der Waals surface area contributed by atoms with E-state index in [1.165, 1.54) is 12.0 Å². The van der Waals surface area contributed by atoms with Gasteiger partial charge < -0.3 is 4.18 Å². The van der Waals surface area contributed by atoms with Crippen LogP contribution in [0.5, 0.6) is 0 Å². The van der Waals surface area contributed by atoms with Crippen molar-refractivity contribution in [3.8, 4) is 0 Å². The molecule has 0 N–H and O–H groups in total. The quantitative estimate of drug-likeness (QED) is 0.596. The van der Waals surface area contributed by atoms with Gasteiger partial charge in [-0.15, -0.1) is 0 Å². The van der Waals surface area contributed by atoms with E-state index in [-0.39, 0.29) is 5.25 Å². The lowest BCUT2D eigenvalue weighted by Crippen LogP contribution is -1.89. The highest BCUT2D eigenvalue weighted by Crippen LogP contribution is 2.34. The average molecular weight is 165 g/mol. The normalized spacial score (nSPS) is 21.6. The van der Waals surface area contributed by atoms with Crippen LogP contribution >= 0.6 is 12.0 Å². The maximum Gasteiger partial charge on any atom is 0.106 e. The van der Waals surface area contributed by atoms with Crippen molar-refractivity contribution in [3.63, 3.8) is 0 Å². The molecule has 11 heavy (non-hydrogen) atoms. The van der Waals surface area contributed by atoms with Crippen molar-refractivity contribution in [2.24, 2.45) is 0 Å². The van der Waals surface area contributed by atoms with E-state index in [1.807, 2.05) is 24.3 Å². The highest BCUT2D eigenvalue weighted by molar-refractivity contribution is 7.95. The van der Waals surface area contributed by atoms with Gasteiger partial charge in [0.25, 0.3) is 0 Å². The third kappa shape index (κ3) is 1.38. The Balaban J connectivity index is 2.23. The number of aromatic nitrogens is 1. The molecule has 2 nitrogen and oxygen atoms in total. The molecule has 3 heteroatoms. The Bertz CT molecular complexity index is 260. The monoisotopic (exact) mass is 165 g/mol. The lowest BCUT2D eigenvalue weighted by Gasteiger charge is -2.01. The fourth-order valence-corrected chi connectivity index (χ4v) is 1.53. The van der Waals surface area contributed by atoms with Gasteiger partial charge in [-0.05, 0) is 18.2 Å². The molecule has 0 bridgehead atoms. The zero-order chi connectivity index (χ0) is 7.52. The summed E-state index contributed by atoms with van der Waals surface area (Å²) < 4.78 is 5.01. The minimum atomic E-state index is 0.274. The lowest BCUT2D eigenvalue weighted by atomic mass is 10.2. The molecule has 1 unspecified atom stereocenters. The Morgan fingerprint density at radius 2 is 2.45 bits per heavy atom. The molecule has 1 atom stereocenters. The smallest absolute Gasteiger partial charge is 0.106 e. The Morgan fingerprint density at radius 3 is 3.09 bits per heavy atom. The van der Waals surface area contributed by atoms with Crippen LogP contribution in [0.2, 0.25) is 0 Å². The first-order chi connectivity index (χ1) is 5.47. The van der Waals surface area contributed by atoms with E-state index in [0.717, 1.165) is 5.69 Å². The van der Waals surface area contributed by atoms with Crippen LogP contribution in [-0.2, 0) is 4.18 Å². The predicted molar refractivity (Wildman–Crippen MR) is 44.8 cm³/mol. The summed E-state index contributed by atoms with van der Waals surface area (Å²) in [6, 6.07) is 5.89. The summed E-state index contributed by atoms with van der Waals surface area (Å²) in [7, 11) is 0. The first kappa shape index (κ1) is 6.73. The van der Waals surface area contributed by atoms with Crippen LogP contribution in [0.3, 0.4) is 0 Å². The van der Waals surface area contributed by atoms with Gasteiger partial charge in [-0.25, -0.2) is 0 Å². The standard InChI is InChI=1S/C8H7NOS/c1-2-5-9-7(3-1)8-4-6-10-11-8/h1-6,8H. The molecule has 0 radical (unpaired) electrons. The van der Waals surface area contributed by atoms with Crippen LogP contribution in [0.15, 0.2) is 36.7 Å². The summed E-state index contributed by atoms with van der Waals surface area (Å²) in [6.45, 7) is 0. The van der Waals surface area contributed by atoms with Crippen molar-refractivity contribution in [3.05, 3.63) is 42.4 Å². The summed E-state index contributed by atoms with van der Waals surface area (Å²) in [5, 5.41) is 0.274. The molecule has 0 aromatic carbocycles. The molecular weight excluding hydrogens is 158 g/mol. The van der Waals surface area contributed by atoms with E-state index < -0.39 is 0 Å². The van der Waals surface area contributed by atoms with Crippen LogP contribution in [-0.4, -0.2) is 4.98 Å². The molecule has 1 aromatic rings. The number of hydrogen-bond donors (Lipinski definition) is 0. The van der Waals surface area contributed by atoms with E-state index in [4.69, 9.17) is 4.18 Å². The van der Waals surface area contributed by atoms with Gasteiger partial charge in [-0.2, -0.15) is 0 Å². The second-order valence-electron chi connectivity index (χ2n) is 2.20. The molecule has 0 amide bonds. The van der Waals surface area contributed by atoms with Crippen LogP contribution in [0, 0.1) is 0 Å². The molecule has 0 saturated carbocycles. The first-order valence-electron chi connectivity index (χ1n) is 3.36. The first-order valence-corrected chi connectivity index (χ1v) is 4.17. The van der Waals surface area contributed by atoms with E-state index >= 15 is 0 Å². The third-order valence-electron chi connectivity index (χ3n) is 1.45. The maximum absolute atomic E-state index is 5.01. The number of nitrogens with zero attached hydrogens (tertiary/aromatic N) is 1. The molecule has 0 saturated heterocycles. The molecule has 1 aromatic heterocycles. The van der Waals surface area contributed by atoms with Crippen molar-refractivity contribution >= 4 is 12.0 Å². The Kier molecular flexibility index (Phi) is 1.81. The van der Waals surface area contributed by atoms with Gasteiger partial charge in [0.2, 0.25) is 0 Å². The van der Waals surface area contributed by atoms with E-state index in [0.29, 0.717) is 0 Å². The fourth-order valence-electron chi connectivity index (χ4n) is 0.920. The zero-order valence-electron chi connectivity index (χ0n) is 5.81. The van der Waals surface area contributed by atoms with E-state index in [2.05, 4.69) is 4.98 Å². The topological polar surface area (TPSA) is 22.1 Å². The Hall–Kier alpha value is -0.960. The molecule has 1 aliphatic rings. The molecule has 1 aliphatic heterocycles. The molecule has 2 rings (SSSR count). The molecule has 56 valence electrons.